The van der Waals surface area contributed by atoms with Gasteiger partial charge in [-0.15, -0.1) is 0 Å². The standard InChI is InChI=1S/C9H14O/c1-6-4-5-7(2)9(10)8(6)3/h5-6,8H,4H2,1-3H3/t6-,8?/m0/s1. The lowest BCUT2D eigenvalue weighted by Crippen LogP contribution is -2.23. The number of hydrogen-bond donors (Lipinski definition) is 0. The number of rotatable bonds is 0. The summed E-state index contributed by atoms with van der Waals surface area (Å²) in [6.45, 7) is 6.06. The summed E-state index contributed by atoms with van der Waals surface area (Å²) in [6.07, 6.45) is 3.12. The Kier molecular flexibility index (Phi) is 1.93. The average molecular weight is 138 g/mol. The van der Waals surface area contributed by atoms with Gasteiger partial charge in [0.2, 0.25) is 0 Å². The third-order valence-corrected chi connectivity index (χ3v) is 2.45. The second kappa shape index (κ2) is 2.57. The molecule has 0 aliphatic heterocycles. The van der Waals surface area contributed by atoms with Gasteiger partial charge in [-0.3, -0.25) is 4.79 Å². The van der Waals surface area contributed by atoms with Gasteiger partial charge in [-0.2, -0.15) is 0 Å². The molecule has 1 aliphatic carbocycles. The van der Waals surface area contributed by atoms with E-state index in [9.17, 15) is 4.79 Å². The fraction of sp³-hybridized carbons (Fsp3) is 0.667. The smallest absolute Gasteiger partial charge is 0.161 e. The number of allylic oxidation sites excluding steroid dienone is 2. The normalized spacial score (nSPS) is 33.9. The number of ketones is 1. The topological polar surface area (TPSA) is 17.1 Å². The van der Waals surface area contributed by atoms with Crippen molar-refractivity contribution in [3.63, 3.8) is 0 Å². The van der Waals surface area contributed by atoms with Gasteiger partial charge in [0, 0.05) is 5.92 Å². The summed E-state index contributed by atoms with van der Waals surface area (Å²) >= 11 is 0. The lowest BCUT2D eigenvalue weighted by Gasteiger charge is -2.22. The molecule has 2 atom stereocenters. The van der Waals surface area contributed by atoms with Crippen molar-refractivity contribution in [2.75, 3.05) is 0 Å². The third kappa shape index (κ3) is 1.13. The van der Waals surface area contributed by atoms with Crippen molar-refractivity contribution in [1.29, 1.82) is 0 Å². The molecule has 0 bridgehead atoms. The van der Waals surface area contributed by atoms with Crippen LogP contribution < -0.4 is 0 Å². The zero-order chi connectivity index (χ0) is 7.72. The summed E-state index contributed by atoms with van der Waals surface area (Å²) in [7, 11) is 0. The van der Waals surface area contributed by atoms with Crippen molar-refractivity contribution >= 4 is 5.78 Å². The second-order valence-electron chi connectivity index (χ2n) is 3.25. The molecule has 1 rings (SSSR count). The molecule has 0 saturated carbocycles. The highest BCUT2D eigenvalue weighted by Gasteiger charge is 2.24. The quantitative estimate of drug-likeness (QED) is 0.501. The molecule has 1 nitrogen and oxygen atoms in total. The Labute approximate surface area is 62.1 Å². The first-order chi connectivity index (χ1) is 4.63. The summed E-state index contributed by atoms with van der Waals surface area (Å²) in [6, 6.07) is 0. The van der Waals surface area contributed by atoms with Gasteiger partial charge in [0.1, 0.15) is 0 Å². The molecular weight excluding hydrogens is 124 g/mol. The molecule has 0 heterocycles. The minimum Gasteiger partial charge on any atom is -0.294 e. The van der Waals surface area contributed by atoms with Gasteiger partial charge in [0.25, 0.3) is 0 Å². The van der Waals surface area contributed by atoms with Crippen LogP contribution in [-0.4, -0.2) is 5.78 Å². The first kappa shape index (κ1) is 7.52. The Morgan fingerprint density at radius 2 is 2.10 bits per heavy atom. The van der Waals surface area contributed by atoms with Gasteiger partial charge in [0.15, 0.2) is 5.78 Å². The minimum atomic E-state index is 0.241. The van der Waals surface area contributed by atoms with E-state index in [4.69, 9.17) is 0 Å². The molecule has 0 aromatic rings. The van der Waals surface area contributed by atoms with Crippen LogP contribution in [-0.2, 0) is 4.79 Å². The predicted molar refractivity (Wildman–Crippen MR) is 41.7 cm³/mol. The Morgan fingerprint density at radius 3 is 2.60 bits per heavy atom. The van der Waals surface area contributed by atoms with E-state index in [0.29, 0.717) is 11.7 Å². The van der Waals surface area contributed by atoms with Crippen LogP contribution in [0.3, 0.4) is 0 Å². The van der Waals surface area contributed by atoms with Gasteiger partial charge < -0.3 is 0 Å². The van der Waals surface area contributed by atoms with E-state index in [0.717, 1.165) is 12.0 Å². The maximum absolute atomic E-state index is 11.3. The van der Waals surface area contributed by atoms with Gasteiger partial charge in [-0.25, -0.2) is 0 Å². The summed E-state index contributed by atoms with van der Waals surface area (Å²) in [4.78, 5) is 11.3. The largest absolute Gasteiger partial charge is 0.294 e. The van der Waals surface area contributed by atoms with Crippen LogP contribution in [0.15, 0.2) is 11.6 Å². The molecule has 1 unspecified atom stereocenters. The van der Waals surface area contributed by atoms with E-state index in [1.807, 2.05) is 19.9 Å². The first-order valence-electron chi connectivity index (χ1n) is 3.84. The van der Waals surface area contributed by atoms with Crippen molar-refractivity contribution in [1.82, 2.24) is 0 Å². The Balaban J connectivity index is 2.81. The Bertz CT molecular complexity index is 179. The number of Topliss-reactive ketones (excluding diaryl/α,β-unsaturated/α-hetero) is 1. The fourth-order valence-corrected chi connectivity index (χ4v) is 1.28. The summed E-state index contributed by atoms with van der Waals surface area (Å²) in [5.41, 5.74) is 0.950. The van der Waals surface area contributed by atoms with Crippen molar-refractivity contribution in [2.45, 2.75) is 27.2 Å². The van der Waals surface area contributed by atoms with Crippen molar-refractivity contribution in [3.05, 3.63) is 11.6 Å². The third-order valence-electron chi connectivity index (χ3n) is 2.45. The van der Waals surface area contributed by atoms with Crippen molar-refractivity contribution < 1.29 is 4.79 Å². The fourth-order valence-electron chi connectivity index (χ4n) is 1.28. The molecular formula is C9H14O. The van der Waals surface area contributed by atoms with E-state index in [1.165, 1.54) is 0 Å². The molecule has 56 valence electrons. The molecule has 0 saturated heterocycles. The van der Waals surface area contributed by atoms with E-state index in [2.05, 4.69) is 6.92 Å². The monoisotopic (exact) mass is 138 g/mol. The highest BCUT2D eigenvalue weighted by atomic mass is 16.1. The zero-order valence-electron chi connectivity index (χ0n) is 6.85. The van der Waals surface area contributed by atoms with Crippen LogP contribution >= 0.6 is 0 Å². The van der Waals surface area contributed by atoms with E-state index < -0.39 is 0 Å². The Morgan fingerprint density at radius 1 is 1.50 bits per heavy atom. The average Bonchev–Trinajstić information content (AvgIpc) is 1.93. The van der Waals surface area contributed by atoms with Crippen LogP contribution in [0.5, 0.6) is 0 Å². The SMILES string of the molecule is CC1=CC[C@H](C)C(C)C1=O. The minimum absolute atomic E-state index is 0.241. The molecule has 0 radical (unpaired) electrons. The second-order valence-corrected chi connectivity index (χ2v) is 3.25. The van der Waals surface area contributed by atoms with Crippen LogP contribution in [0, 0.1) is 11.8 Å². The van der Waals surface area contributed by atoms with Crippen LogP contribution in [0.25, 0.3) is 0 Å². The highest BCUT2D eigenvalue weighted by molar-refractivity contribution is 5.97. The predicted octanol–water partition coefficient (Wildman–Crippen LogP) is 2.18. The Hall–Kier alpha value is -0.590. The molecule has 10 heavy (non-hydrogen) atoms. The first-order valence-corrected chi connectivity index (χ1v) is 3.84. The lowest BCUT2D eigenvalue weighted by atomic mass is 9.81. The number of hydrogen-bond acceptors (Lipinski definition) is 1. The summed E-state index contributed by atoms with van der Waals surface area (Å²) in [5.74, 6) is 1.11. The van der Waals surface area contributed by atoms with Gasteiger partial charge >= 0.3 is 0 Å². The lowest BCUT2D eigenvalue weighted by molar-refractivity contribution is -0.120. The van der Waals surface area contributed by atoms with E-state index in [-0.39, 0.29) is 5.92 Å². The highest BCUT2D eigenvalue weighted by Crippen LogP contribution is 2.25. The van der Waals surface area contributed by atoms with Crippen LogP contribution in [0.2, 0.25) is 0 Å². The van der Waals surface area contributed by atoms with Gasteiger partial charge in [-0.05, 0) is 24.8 Å². The molecule has 0 spiro atoms. The van der Waals surface area contributed by atoms with Crippen LogP contribution in [0.1, 0.15) is 27.2 Å². The molecule has 0 fully saturated rings. The van der Waals surface area contributed by atoms with Crippen molar-refractivity contribution in [3.8, 4) is 0 Å². The zero-order valence-corrected chi connectivity index (χ0v) is 6.85. The van der Waals surface area contributed by atoms with E-state index >= 15 is 0 Å². The van der Waals surface area contributed by atoms with E-state index in [1.54, 1.807) is 0 Å². The maximum atomic E-state index is 11.3. The summed E-state index contributed by atoms with van der Waals surface area (Å²) < 4.78 is 0. The van der Waals surface area contributed by atoms with Gasteiger partial charge in [-0.1, -0.05) is 19.9 Å². The summed E-state index contributed by atoms with van der Waals surface area (Å²) in [5, 5.41) is 0. The molecule has 1 heteroatoms. The van der Waals surface area contributed by atoms with Crippen molar-refractivity contribution in [2.24, 2.45) is 11.8 Å². The number of carbonyl (C=O) groups is 1. The number of carbonyl (C=O) groups excluding carboxylic acids is 1. The maximum Gasteiger partial charge on any atom is 0.161 e. The molecule has 0 amide bonds. The van der Waals surface area contributed by atoms with Crippen LogP contribution in [0.4, 0.5) is 0 Å². The molecule has 0 aromatic carbocycles. The molecule has 0 N–H and O–H groups in total. The molecule has 1 aliphatic rings. The molecule has 0 aromatic heterocycles. The van der Waals surface area contributed by atoms with Gasteiger partial charge in [0.05, 0.1) is 0 Å².